The number of carbonyl (C=O) groups is 5. The molecule has 1 aromatic heterocycles. The van der Waals surface area contributed by atoms with Crippen molar-refractivity contribution in [3.63, 3.8) is 0 Å². The zero-order valence-electron chi connectivity index (χ0n) is 23.8. The summed E-state index contributed by atoms with van der Waals surface area (Å²) >= 11 is 0. The molecule has 0 bridgehead atoms. The van der Waals surface area contributed by atoms with E-state index in [1.165, 1.54) is 0 Å². The highest BCUT2D eigenvalue weighted by atomic mass is 16.4. The molecule has 2 aromatic rings. The van der Waals surface area contributed by atoms with Crippen molar-refractivity contribution in [1.29, 1.82) is 0 Å². The number of hydrogen-bond acceptors (Lipinski definition) is 8. The van der Waals surface area contributed by atoms with Crippen molar-refractivity contribution in [2.24, 2.45) is 22.9 Å². The minimum absolute atomic E-state index is 0.0264. The Balaban J connectivity index is 2.17. The van der Waals surface area contributed by atoms with Crippen LogP contribution in [0.1, 0.15) is 56.9 Å². The number of hydrogen-bond donors (Lipinski definition) is 9. The lowest BCUT2D eigenvalue weighted by molar-refractivity contribution is -0.142. The third kappa shape index (κ3) is 11.1. The van der Waals surface area contributed by atoms with Gasteiger partial charge < -0.3 is 49.0 Å². The van der Waals surface area contributed by atoms with Gasteiger partial charge in [-0.2, -0.15) is 0 Å². The van der Waals surface area contributed by atoms with Gasteiger partial charge in [-0.3, -0.25) is 19.2 Å². The Kier molecular flexibility index (Phi) is 14.4. The zero-order chi connectivity index (χ0) is 31.1. The number of carboxylic acid groups (broad SMARTS) is 1. The van der Waals surface area contributed by atoms with Gasteiger partial charge in [0, 0.05) is 29.9 Å². The van der Waals surface area contributed by atoms with Crippen LogP contribution in [0.4, 0.5) is 0 Å². The molecule has 0 fully saturated rings. The maximum absolute atomic E-state index is 13.3. The normalized spacial score (nSPS) is 14.0. The van der Waals surface area contributed by atoms with Crippen LogP contribution in [0.25, 0.3) is 10.9 Å². The second kappa shape index (κ2) is 17.7. The second-order valence-electron chi connectivity index (χ2n) is 10.3. The number of fused-ring (bicyclic) bond motifs is 1. The lowest BCUT2D eigenvalue weighted by atomic mass is 10.0. The van der Waals surface area contributed by atoms with E-state index in [-0.39, 0.29) is 25.7 Å². The van der Waals surface area contributed by atoms with E-state index in [1.54, 1.807) is 6.20 Å². The molecule has 42 heavy (non-hydrogen) atoms. The third-order valence-electron chi connectivity index (χ3n) is 6.91. The first kappa shape index (κ1) is 34.2. The first-order valence-corrected chi connectivity index (χ1v) is 14.2. The minimum Gasteiger partial charge on any atom is -0.480 e. The molecule has 14 nitrogen and oxygen atoms in total. The summed E-state index contributed by atoms with van der Waals surface area (Å²) < 4.78 is 0. The Morgan fingerprint density at radius 3 is 1.98 bits per heavy atom. The maximum Gasteiger partial charge on any atom is 0.326 e. The Bertz CT molecular complexity index is 1200. The van der Waals surface area contributed by atoms with Crippen LogP contribution in [0.5, 0.6) is 0 Å². The number of unbranched alkanes of at least 4 members (excludes halogenated alkanes) is 2. The van der Waals surface area contributed by atoms with E-state index in [2.05, 4.69) is 20.9 Å². The maximum atomic E-state index is 13.3. The van der Waals surface area contributed by atoms with Crippen LogP contribution in [0.3, 0.4) is 0 Å². The summed E-state index contributed by atoms with van der Waals surface area (Å²) in [6.45, 7) is 0.856. The quantitative estimate of drug-likeness (QED) is 0.0866. The van der Waals surface area contributed by atoms with Crippen LogP contribution in [0, 0.1) is 0 Å². The van der Waals surface area contributed by atoms with E-state index in [4.69, 9.17) is 22.9 Å². The van der Waals surface area contributed by atoms with Crippen molar-refractivity contribution in [3.05, 3.63) is 36.0 Å². The van der Waals surface area contributed by atoms with Crippen LogP contribution >= 0.6 is 0 Å². The summed E-state index contributed by atoms with van der Waals surface area (Å²) in [5, 5.41) is 18.4. The van der Waals surface area contributed by atoms with Gasteiger partial charge in [-0.1, -0.05) is 24.6 Å². The molecule has 0 saturated carbocycles. The lowest BCUT2D eigenvalue weighted by Crippen LogP contribution is -2.57. The van der Waals surface area contributed by atoms with E-state index >= 15 is 0 Å². The average molecular weight is 589 g/mol. The fourth-order valence-electron chi connectivity index (χ4n) is 4.50. The van der Waals surface area contributed by atoms with Gasteiger partial charge in [0.15, 0.2) is 0 Å². The Morgan fingerprint density at radius 2 is 1.36 bits per heavy atom. The molecule has 2 rings (SSSR count). The topological polar surface area (TPSA) is 262 Å². The van der Waals surface area contributed by atoms with E-state index < -0.39 is 53.8 Å². The number of aliphatic carboxylic acids is 1. The number of para-hydroxylation sites is 1. The van der Waals surface area contributed by atoms with Crippen LogP contribution < -0.4 is 38.9 Å². The van der Waals surface area contributed by atoms with Crippen LogP contribution in [-0.4, -0.2) is 76.9 Å². The number of aromatic amines is 1. The fourth-order valence-corrected chi connectivity index (χ4v) is 4.50. The number of rotatable bonds is 20. The molecular weight excluding hydrogens is 544 g/mol. The predicted molar refractivity (Wildman–Crippen MR) is 158 cm³/mol. The fraction of sp³-hybridized carbons (Fsp3) is 0.536. The first-order chi connectivity index (χ1) is 20.1. The molecule has 1 aromatic carbocycles. The number of nitrogens with one attached hydrogen (secondary N) is 4. The molecule has 0 aliphatic rings. The molecule has 1 heterocycles. The van der Waals surface area contributed by atoms with Crippen LogP contribution in [0.15, 0.2) is 30.5 Å². The van der Waals surface area contributed by atoms with Gasteiger partial charge in [-0.25, -0.2) is 4.79 Å². The summed E-state index contributed by atoms with van der Waals surface area (Å²) in [6, 6.07) is 2.84. The molecular formula is C28H44N8O6. The molecule has 0 spiro atoms. The van der Waals surface area contributed by atoms with Crippen molar-refractivity contribution in [2.45, 2.75) is 82.0 Å². The monoisotopic (exact) mass is 588 g/mol. The third-order valence-corrected chi connectivity index (χ3v) is 6.91. The van der Waals surface area contributed by atoms with Crippen molar-refractivity contribution >= 4 is 40.5 Å². The van der Waals surface area contributed by atoms with Gasteiger partial charge in [-0.05, 0) is 63.2 Å². The van der Waals surface area contributed by atoms with Gasteiger partial charge >= 0.3 is 5.97 Å². The van der Waals surface area contributed by atoms with Crippen molar-refractivity contribution in [2.75, 3.05) is 13.1 Å². The van der Waals surface area contributed by atoms with Crippen molar-refractivity contribution in [3.8, 4) is 0 Å². The average Bonchev–Trinajstić information content (AvgIpc) is 3.36. The summed E-state index contributed by atoms with van der Waals surface area (Å²) in [5.41, 5.74) is 23.8. The molecule has 0 aliphatic carbocycles. The molecule has 0 aliphatic heterocycles. The molecule has 4 amide bonds. The molecule has 0 radical (unpaired) electrons. The number of benzene rings is 1. The van der Waals surface area contributed by atoms with Crippen molar-refractivity contribution in [1.82, 2.24) is 20.9 Å². The highest BCUT2D eigenvalue weighted by Crippen LogP contribution is 2.19. The number of aromatic nitrogens is 1. The summed E-state index contributed by atoms with van der Waals surface area (Å²) in [5.74, 6) is -3.98. The summed E-state index contributed by atoms with van der Waals surface area (Å²) in [6.07, 6.45) is 4.31. The van der Waals surface area contributed by atoms with Gasteiger partial charge in [0.2, 0.25) is 23.6 Å². The Morgan fingerprint density at radius 1 is 0.786 bits per heavy atom. The summed E-state index contributed by atoms with van der Waals surface area (Å²) in [7, 11) is 0. The molecule has 14 heteroatoms. The lowest BCUT2D eigenvalue weighted by Gasteiger charge is -2.25. The minimum atomic E-state index is -1.32. The van der Waals surface area contributed by atoms with E-state index in [1.807, 2.05) is 24.3 Å². The number of H-pyrrole nitrogens is 1. The Labute approximate surface area is 244 Å². The number of nitrogens with two attached hydrogens (primary N) is 4. The second-order valence-corrected chi connectivity index (χ2v) is 10.3. The molecule has 13 N–H and O–H groups in total. The SMILES string of the molecule is NCCCCC(N)C(=O)NC(CCCCN)C(=O)NC(CCC(N)=O)C(=O)NC(Cc1c[nH]c2ccccc12)C(=O)O. The predicted octanol–water partition coefficient (Wildman–Crippen LogP) is -0.900. The zero-order valence-corrected chi connectivity index (χ0v) is 23.8. The molecule has 4 unspecified atom stereocenters. The molecule has 4 atom stereocenters. The Hall–Kier alpha value is -4.01. The van der Waals surface area contributed by atoms with Gasteiger partial charge in [0.05, 0.1) is 6.04 Å². The smallest absolute Gasteiger partial charge is 0.326 e. The molecule has 232 valence electrons. The van der Waals surface area contributed by atoms with E-state index in [9.17, 15) is 29.1 Å². The first-order valence-electron chi connectivity index (χ1n) is 14.2. The summed E-state index contributed by atoms with van der Waals surface area (Å²) in [4.78, 5) is 65.9. The standard InChI is InChI=1S/C28H44N8O6/c29-13-5-3-8-19(31)25(38)34-21(10-4-6-14-30)26(39)35-22(11-12-24(32)37)27(40)36-23(28(41)42)15-17-16-33-20-9-2-1-7-18(17)20/h1-2,7,9,16,19,21-23,33H,3-6,8,10-15,29-31H2,(H2,32,37)(H,34,38)(H,35,39)(H,36,40)(H,41,42). The highest BCUT2D eigenvalue weighted by Gasteiger charge is 2.30. The van der Waals surface area contributed by atoms with Gasteiger partial charge in [0.1, 0.15) is 18.1 Å². The number of amides is 4. The number of carboxylic acids is 1. The number of primary amides is 1. The number of carbonyl (C=O) groups excluding carboxylic acids is 4. The van der Waals surface area contributed by atoms with Gasteiger partial charge in [0.25, 0.3) is 0 Å². The van der Waals surface area contributed by atoms with Crippen molar-refractivity contribution < 1.29 is 29.1 Å². The van der Waals surface area contributed by atoms with Crippen LogP contribution in [0.2, 0.25) is 0 Å². The molecule has 0 saturated heterocycles. The van der Waals surface area contributed by atoms with E-state index in [0.717, 1.165) is 10.9 Å². The van der Waals surface area contributed by atoms with E-state index in [0.29, 0.717) is 50.8 Å². The largest absolute Gasteiger partial charge is 0.480 e. The van der Waals surface area contributed by atoms with Gasteiger partial charge in [-0.15, -0.1) is 0 Å². The highest BCUT2D eigenvalue weighted by molar-refractivity contribution is 5.94. The van der Waals surface area contributed by atoms with Crippen LogP contribution in [-0.2, 0) is 30.4 Å².